The molecule has 0 aliphatic heterocycles. The number of carbonyl (C=O) groups excluding carboxylic acids is 2. The molecule has 16 heavy (non-hydrogen) atoms. The first-order valence-electron chi connectivity index (χ1n) is 5.96. The Bertz CT molecular complexity index is 386. The Morgan fingerprint density at radius 3 is 2.94 bits per heavy atom. The summed E-state index contributed by atoms with van der Waals surface area (Å²) in [7, 11) is 0. The maximum absolute atomic E-state index is 12.3. The molecule has 2 aliphatic carbocycles. The van der Waals surface area contributed by atoms with Gasteiger partial charge in [-0.05, 0) is 39.2 Å². The minimum Gasteiger partial charge on any atom is -0.298 e. The summed E-state index contributed by atoms with van der Waals surface area (Å²) in [5, 5.41) is 0. The van der Waals surface area contributed by atoms with Crippen molar-refractivity contribution < 1.29 is 9.59 Å². The highest BCUT2D eigenvalue weighted by Gasteiger charge is 2.46. The molecular weight excluding hydrogens is 200 g/mol. The van der Waals surface area contributed by atoms with Crippen molar-refractivity contribution in [3.05, 3.63) is 23.8 Å². The number of Topliss-reactive ketones (excluding diaryl/α,β-unsaturated/α-hetero) is 1. The monoisotopic (exact) mass is 218 g/mol. The van der Waals surface area contributed by atoms with Crippen molar-refractivity contribution in [3.63, 3.8) is 0 Å². The van der Waals surface area contributed by atoms with Gasteiger partial charge in [-0.25, -0.2) is 0 Å². The van der Waals surface area contributed by atoms with E-state index in [4.69, 9.17) is 0 Å². The van der Waals surface area contributed by atoms with Crippen LogP contribution in [0.15, 0.2) is 23.8 Å². The number of allylic oxidation sites excluding steroid dienone is 4. The standard InChI is InChI=1S/C14H18O2/c1-10(2)5-8-14-7-3-4-11(13(14)16)12(15)6-9-14/h5-6,9,11H,3-4,7-8H2,1-2H3. The highest BCUT2D eigenvalue weighted by Crippen LogP contribution is 2.44. The molecule has 0 heterocycles. The van der Waals surface area contributed by atoms with Crippen LogP contribution >= 0.6 is 0 Å². The second-order valence-electron chi connectivity index (χ2n) is 5.19. The van der Waals surface area contributed by atoms with Crippen LogP contribution in [-0.2, 0) is 9.59 Å². The first-order chi connectivity index (χ1) is 7.55. The third-order valence-electron chi connectivity index (χ3n) is 3.71. The molecule has 0 amide bonds. The van der Waals surface area contributed by atoms with E-state index in [1.807, 2.05) is 19.9 Å². The quantitative estimate of drug-likeness (QED) is 0.527. The molecular formula is C14H18O2. The smallest absolute Gasteiger partial charge is 0.165 e. The van der Waals surface area contributed by atoms with Crippen LogP contribution in [0.4, 0.5) is 0 Å². The third-order valence-corrected chi connectivity index (χ3v) is 3.71. The lowest BCUT2D eigenvalue weighted by molar-refractivity contribution is -0.139. The van der Waals surface area contributed by atoms with Gasteiger partial charge in [0.15, 0.2) is 11.6 Å². The zero-order valence-electron chi connectivity index (χ0n) is 9.95. The minimum atomic E-state index is -0.367. The highest BCUT2D eigenvalue weighted by atomic mass is 16.2. The van der Waals surface area contributed by atoms with Gasteiger partial charge < -0.3 is 0 Å². The number of ketones is 2. The van der Waals surface area contributed by atoms with E-state index < -0.39 is 0 Å². The Kier molecular flexibility index (Phi) is 2.83. The third kappa shape index (κ3) is 1.77. The van der Waals surface area contributed by atoms with Gasteiger partial charge in [-0.3, -0.25) is 9.59 Å². The molecule has 2 bridgehead atoms. The van der Waals surface area contributed by atoms with Crippen molar-refractivity contribution in [1.29, 1.82) is 0 Å². The minimum absolute atomic E-state index is 0.0116. The Morgan fingerprint density at radius 2 is 2.25 bits per heavy atom. The Balaban J connectivity index is 2.31. The lowest BCUT2D eigenvalue weighted by Gasteiger charge is -2.38. The molecule has 0 N–H and O–H groups in total. The number of fused-ring (bicyclic) bond motifs is 2. The van der Waals surface area contributed by atoms with E-state index in [1.54, 1.807) is 6.08 Å². The molecule has 0 aromatic heterocycles. The Morgan fingerprint density at radius 1 is 1.50 bits per heavy atom. The van der Waals surface area contributed by atoms with Gasteiger partial charge in [0.25, 0.3) is 0 Å². The van der Waals surface area contributed by atoms with E-state index in [0.29, 0.717) is 0 Å². The van der Waals surface area contributed by atoms with Crippen molar-refractivity contribution in [3.8, 4) is 0 Å². The SMILES string of the molecule is CC(C)=CCC12C=CC(=O)C(CCC1)C2=O. The summed E-state index contributed by atoms with van der Waals surface area (Å²) in [6.07, 6.45) is 8.99. The molecule has 2 heteroatoms. The van der Waals surface area contributed by atoms with Crippen molar-refractivity contribution >= 4 is 11.6 Å². The molecule has 2 atom stereocenters. The van der Waals surface area contributed by atoms with Gasteiger partial charge in [-0.2, -0.15) is 0 Å². The van der Waals surface area contributed by atoms with Crippen molar-refractivity contribution in [1.82, 2.24) is 0 Å². The molecule has 1 fully saturated rings. The number of rotatable bonds is 2. The first kappa shape index (κ1) is 11.3. The maximum atomic E-state index is 12.3. The summed E-state index contributed by atoms with van der Waals surface area (Å²) in [6, 6.07) is 0. The topological polar surface area (TPSA) is 34.1 Å². The molecule has 86 valence electrons. The van der Waals surface area contributed by atoms with E-state index in [-0.39, 0.29) is 22.9 Å². The lowest BCUT2D eigenvalue weighted by Crippen LogP contribution is -2.44. The zero-order valence-corrected chi connectivity index (χ0v) is 9.95. The normalized spacial score (nSPS) is 32.8. The van der Waals surface area contributed by atoms with Crippen LogP contribution in [0.1, 0.15) is 39.5 Å². The molecule has 0 saturated heterocycles. The van der Waals surface area contributed by atoms with E-state index in [0.717, 1.165) is 25.7 Å². The van der Waals surface area contributed by atoms with Crippen molar-refractivity contribution in [2.75, 3.05) is 0 Å². The molecule has 2 aliphatic rings. The lowest BCUT2D eigenvalue weighted by atomic mass is 9.62. The Labute approximate surface area is 96.4 Å². The van der Waals surface area contributed by atoms with Crippen LogP contribution in [0.2, 0.25) is 0 Å². The van der Waals surface area contributed by atoms with Crippen LogP contribution in [0.5, 0.6) is 0 Å². The molecule has 2 unspecified atom stereocenters. The van der Waals surface area contributed by atoms with Crippen LogP contribution in [0.25, 0.3) is 0 Å². The fourth-order valence-corrected chi connectivity index (χ4v) is 2.67. The molecule has 1 saturated carbocycles. The number of hydrogen-bond acceptors (Lipinski definition) is 2. The summed E-state index contributed by atoms with van der Waals surface area (Å²) in [6.45, 7) is 4.08. The van der Waals surface area contributed by atoms with E-state index in [9.17, 15) is 9.59 Å². The van der Waals surface area contributed by atoms with E-state index in [2.05, 4.69) is 6.08 Å². The van der Waals surface area contributed by atoms with Gasteiger partial charge in [0.1, 0.15) is 0 Å². The van der Waals surface area contributed by atoms with Gasteiger partial charge in [0, 0.05) is 0 Å². The molecule has 2 rings (SSSR count). The average Bonchev–Trinajstić information content (AvgIpc) is 2.23. The van der Waals surface area contributed by atoms with Gasteiger partial charge in [-0.15, -0.1) is 0 Å². The summed E-state index contributed by atoms with van der Waals surface area (Å²) >= 11 is 0. The first-order valence-corrected chi connectivity index (χ1v) is 5.96. The summed E-state index contributed by atoms with van der Waals surface area (Å²) in [5.41, 5.74) is 0.864. The summed E-state index contributed by atoms with van der Waals surface area (Å²) in [4.78, 5) is 23.8. The van der Waals surface area contributed by atoms with Crippen LogP contribution in [-0.4, -0.2) is 11.6 Å². The van der Waals surface area contributed by atoms with E-state index >= 15 is 0 Å². The predicted octanol–water partition coefficient (Wildman–Crippen LogP) is 2.84. The van der Waals surface area contributed by atoms with Gasteiger partial charge in [0.05, 0.1) is 11.3 Å². The number of hydrogen-bond donors (Lipinski definition) is 0. The summed E-state index contributed by atoms with van der Waals surface area (Å²) in [5.74, 6) is -0.175. The highest BCUT2D eigenvalue weighted by molar-refractivity contribution is 6.13. The predicted molar refractivity (Wildman–Crippen MR) is 63.0 cm³/mol. The van der Waals surface area contributed by atoms with Crippen LogP contribution in [0.3, 0.4) is 0 Å². The summed E-state index contributed by atoms with van der Waals surface area (Å²) < 4.78 is 0. The molecule has 2 nitrogen and oxygen atoms in total. The molecule has 0 spiro atoms. The second-order valence-corrected chi connectivity index (χ2v) is 5.19. The number of carbonyl (C=O) groups is 2. The fraction of sp³-hybridized carbons (Fsp3) is 0.571. The van der Waals surface area contributed by atoms with Crippen LogP contribution < -0.4 is 0 Å². The van der Waals surface area contributed by atoms with Crippen LogP contribution in [0, 0.1) is 11.3 Å². The molecule has 0 radical (unpaired) electrons. The van der Waals surface area contributed by atoms with E-state index in [1.165, 1.54) is 5.57 Å². The van der Waals surface area contributed by atoms with Crippen molar-refractivity contribution in [2.24, 2.45) is 11.3 Å². The fourth-order valence-electron chi connectivity index (χ4n) is 2.67. The van der Waals surface area contributed by atoms with Crippen molar-refractivity contribution in [2.45, 2.75) is 39.5 Å². The van der Waals surface area contributed by atoms with Gasteiger partial charge >= 0.3 is 0 Å². The van der Waals surface area contributed by atoms with Gasteiger partial charge in [0.2, 0.25) is 0 Å². The second kappa shape index (κ2) is 4.00. The molecule has 0 aromatic carbocycles. The zero-order chi connectivity index (χ0) is 11.8. The Hall–Kier alpha value is -1.18. The van der Waals surface area contributed by atoms with Gasteiger partial charge in [-0.1, -0.05) is 24.1 Å². The maximum Gasteiger partial charge on any atom is 0.165 e. The largest absolute Gasteiger partial charge is 0.298 e. The average molecular weight is 218 g/mol. The molecule has 0 aromatic rings.